The van der Waals surface area contributed by atoms with E-state index in [9.17, 15) is 4.39 Å². The van der Waals surface area contributed by atoms with Crippen LogP contribution in [0.25, 0.3) is 0 Å². The highest BCUT2D eigenvalue weighted by Gasteiger charge is 2.13. The lowest BCUT2D eigenvalue weighted by molar-refractivity contribution is 0.535. The van der Waals surface area contributed by atoms with Gasteiger partial charge in [-0.25, -0.2) is 4.39 Å². The summed E-state index contributed by atoms with van der Waals surface area (Å²) in [7, 11) is 0. The molecule has 0 aliphatic heterocycles. The molecule has 0 spiro atoms. The topological polar surface area (TPSA) is 24.9 Å². The van der Waals surface area contributed by atoms with Gasteiger partial charge in [0.2, 0.25) is 0 Å². The molecule has 1 unspecified atom stereocenters. The molecule has 0 aliphatic carbocycles. The highest BCUT2D eigenvalue weighted by atomic mass is 32.1. The number of nitrogens with one attached hydrogen (secondary N) is 1. The second-order valence-electron chi connectivity index (χ2n) is 3.80. The molecule has 0 aliphatic rings. The fraction of sp³-hybridized carbons (Fsp3) is 0.308. The quantitative estimate of drug-likeness (QED) is 0.881. The van der Waals surface area contributed by atoms with Gasteiger partial charge in [-0.05, 0) is 30.1 Å². The number of aromatic nitrogens is 1. The van der Waals surface area contributed by atoms with Crippen molar-refractivity contribution in [2.75, 3.05) is 6.54 Å². The van der Waals surface area contributed by atoms with E-state index >= 15 is 0 Å². The first-order chi connectivity index (χ1) is 8.29. The Kier molecular flexibility index (Phi) is 4.23. The first-order valence-corrected chi connectivity index (χ1v) is 6.54. The predicted molar refractivity (Wildman–Crippen MR) is 68.6 cm³/mol. The third-order valence-corrected chi connectivity index (χ3v) is 3.44. The van der Waals surface area contributed by atoms with Crippen molar-refractivity contribution in [2.45, 2.75) is 19.4 Å². The first-order valence-electron chi connectivity index (χ1n) is 5.67. The van der Waals surface area contributed by atoms with Crippen LogP contribution in [0, 0.1) is 5.82 Å². The molecule has 0 bridgehead atoms. The van der Waals surface area contributed by atoms with Crippen LogP contribution in [0.1, 0.15) is 23.5 Å². The molecule has 1 atom stereocenters. The zero-order valence-corrected chi connectivity index (χ0v) is 10.5. The van der Waals surface area contributed by atoms with Crippen LogP contribution in [0.4, 0.5) is 4.39 Å². The van der Waals surface area contributed by atoms with Gasteiger partial charge in [0.15, 0.2) is 0 Å². The van der Waals surface area contributed by atoms with Crippen LogP contribution in [0.3, 0.4) is 0 Å². The van der Waals surface area contributed by atoms with E-state index in [4.69, 9.17) is 0 Å². The molecular weight excluding hydrogens is 235 g/mol. The van der Waals surface area contributed by atoms with E-state index in [1.807, 2.05) is 6.07 Å². The average Bonchev–Trinajstić information content (AvgIpc) is 2.82. The summed E-state index contributed by atoms with van der Waals surface area (Å²) < 4.78 is 12.8. The fourth-order valence-electron chi connectivity index (χ4n) is 1.75. The van der Waals surface area contributed by atoms with Crippen molar-refractivity contribution in [3.8, 4) is 0 Å². The predicted octanol–water partition coefficient (Wildman–Crippen LogP) is 3.18. The zero-order chi connectivity index (χ0) is 12.1. The number of nitrogens with zero attached hydrogens (tertiary/aromatic N) is 1. The maximum Gasteiger partial charge on any atom is 0.141 e. The number of likely N-dealkylation sites (N-methyl/N-ethyl adjacent to an activating group) is 1. The molecule has 90 valence electrons. The molecule has 0 saturated carbocycles. The van der Waals surface area contributed by atoms with Crippen LogP contribution < -0.4 is 5.32 Å². The van der Waals surface area contributed by atoms with Gasteiger partial charge in [0.25, 0.3) is 0 Å². The van der Waals surface area contributed by atoms with Gasteiger partial charge in [0.1, 0.15) is 5.82 Å². The van der Waals surface area contributed by atoms with Crippen LogP contribution in [0.2, 0.25) is 0 Å². The third-order valence-electron chi connectivity index (χ3n) is 2.54. The van der Waals surface area contributed by atoms with Gasteiger partial charge in [-0.3, -0.25) is 4.98 Å². The Morgan fingerprint density at radius 2 is 2.29 bits per heavy atom. The molecule has 2 aromatic rings. The number of hydrogen-bond donors (Lipinski definition) is 1. The molecule has 0 fully saturated rings. The van der Waals surface area contributed by atoms with Gasteiger partial charge in [0.05, 0.1) is 17.9 Å². The molecule has 2 aromatic heterocycles. The van der Waals surface area contributed by atoms with E-state index in [1.54, 1.807) is 17.4 Å². The fourth-order valence-corrected chi connectivity index (χ4v) is 2.50. The molecule has 0 radical (unpaired) electrons. The minimum Gasteiger partial charge on any atom is -0.309 e. The molecule has 2 heterocycles. The summed E-state index contributed by atoms with van der Waals surface area (Å²) in [6.07, 6.45) is 2.16. The van der Waals surface area contributed by atoms with E-state index in [2.05, 4.69) is 28.7 Å². The van der Waals surface area contributed by atoms with Gasteiger partial charge >= 0.3 is 0 Å². The Balaban J connectivity index is 2.13. The van der Waals surface area contributed by atoms with Crippen molar-refractivity contribution < 1.29 is 4.39 Å². The van der Waals surface area contributed by atoms with Crippen LogP contribution in [0.5, 0.6) is 0 Å². The van der Waals surface area contributed by atoms with Crippen molar-refractivity contribution in [2.24, 2.45) is 0 Å². The second-order valence-corrected chi connectivity index (χ2v) is 4.83. The summed E-state index contributed by atoms with van der Waals surface area (Å²) in [6.45, 7) is 2.93. The van der Waals surface area contributed by atoms with Crippen LogP contribution in [-0.4, -0.2) is 11.5 Å². The summed E-state index contributed by atoms with van der Waals surface area (Å²) in [5.74, 6) is -0.292. The van der Waals surface area contributed by atoms with Gasteiger partial charge in [-0.15, -0.1) is 11.3 Å². The minimum absolute atomic E-state index is 0.152. The highest BCUT2D eigenvalue weighted by Crippen LogP contribution is 2.19. The lowest BCUT2D eigenvalue weighted by Gasteiger charge is -2.16. The molecule has 1 N–H and O–H groups in total. The minimum atomic E-state index is -0.292. The third kappa shape index (κ3) is 3.35. The number of halogens is 1. The van der Waals surface area contributed by atoms with Crippen LogP contribution >= 0.6 is 11.3 Å². The monoisotopic (exact) mass is 250 g/mol. The van der Waals surface area contributed by atoms with Crippen molar-refractivity contribution in [1.82, 2.24) is 10.3 Å². The molecule has 0 saturated heterocycles. The Labute approximate surface area is 105 Å². The van der Waals surface area contributed by atoms with E-state index < -0.39 is 0 Å². The molecule has 2 nitrogen and oxygen atoms in total. The molecule has 0 amide bonds. The number of rotatable bonds is 5. The van der Waals surface area contributed by atoms with Crippen molar-refractivity contribution in [3.05, 3.63) is 52.2 Å². The van der Waals surface area contributed by atoms with E-state index in [0.717, 1.165) is 18.7 Å². The maximum absolute atomic E-state index is 12.8. The standard InChI is InChI=1S/C13H15FN2S/c1-2-15-13(8-11-4-3-7-17-11)12-6-5-10(14)9-16-12/h3-7,9,13,15H,2,8H2,1H3. The van der Waals surface area contributed by atoms with Crippen LogP contribution in [-0.2, 0) is 6.42 Å². The Bertz CT molecular complexity index is 439. The molecule has 17 heavy (non-hydrogen) atoms. The van der Waals surface area contributed by atoms with Crippen molar-refractivity contribution >= 4 is 11.3 Å². The zero-order valence-electron chi connectivity index (χ0n) is 9.69. The van der Waals surface area contributed by atoms with Gasteiger partial charge < -0.3 is 5.32 Å². The number of thiophene rings is 1. The van der Waals surface area contributed by atoms with Gasteiger partial charge in [-0.1, -0.05) is 13.0 Å². The Morgan fingerprint density at radius 3 is 2.88 bits per heavy atom. The lowest BCUT2D eigenvalue weighted by Crippen LogP contribution is -2.23. The van der Waals surface area contributed by atoms with Crippen LogP contribution in [0.15, 0.2) is 35.8 Å². The number of hydrogen-bond acceptors (Lipinski definition) is 3. The van der Waals surface area contributed by atoms with Gasteiger partial charge in [0, 0.05) is 11.3 Å². The summed E-state index contributed by atoms with van der Waals surface area (Å²) in [6, 6.07) is 7.51. The smallest absolute Gasteiger partial charge is 0.141 e. The largest absolute Gasteiger partial charge is 0.309 e. The van der Waals surface area contributed by atoms with Crippen molar-refractivity contribution in [1.29, 1.82) is 0 Å². The summed E-state index contributed by atoms with van der Waals surface area (Å²) in [4.78, 5) is 5.45. The van der Waals surface area contributed by atoms with Gasteiger partial charge in [-0.2, -0.15) is 0 Å². The number of pyridine rings is 1. The Morgan fingerprint density at radius 1 is 1.41 bits per heavy atom. The normalized spacial score (nSPS) is 12.6. The maximum atomic E-state index is 12.8. The molecular formula is C13H15FN2S. The second kappa shape index (κ2) is 5.89. The SMILES string of the molecule is CCNC(Cc1cccs1)c1ccc(F)cn1. The Hall–Kier alpha value is -1.26. The van der Waals surface area contributed by atoms with E-state index in [1.165, 1.54) is 17.1 Å². The summed E-state index contributed by atoms with van der Waals surface area (Å²) >= 11 is 1.73. The summed E-state index contributed by atoms with van der Waals surface area (Å²) in [5.41, 5.74) is 0.890. The van der Waals surface area contributed by atoms with Crippen molar-refractivity contribution in [3.63, 3.8) is 0 Å². The molecule has 4 heteroatoms. The molecule has 0 aromatic carbocycles. The average molecular weight is 250 g/mol. The molecule has 2 rings (SSSR count). The first kappa shape index (κ1) is 12.2. The highest BCUT2D eigenvalue weighted by molar-refractivity contribution is 7.09. The lowest BCUT2D eigenvalue weighted by atomic mass is 10.1. The summed E-state index contributed by atoms with van der Waals surface area (Å²) in [5, 5.41) is 5.44. The van der Waals surface area contributed by atoms with E-state index in [-0.39, 0.29) is 11.9 Å². The van der Waals surface area contributed by atoms with E-state index in [0.29, 0.717) is 0 Å².